The van der Waals surface area contributed by atoms with Crippen molar-refractivity contribution < 1.29 is 9.53 Å². The highest BCUT2D eigenvalue weighted by Crippen LogP contribution is 2.85. The predicted octanol–water partition coefficient (Wildman–Crippen LogP) is 4.55. The highest BCUT2D eigenvalue weighted by Gasteiger charge is 2.87. The number of hydrogen-bond donors (Lipinski definition) is 0. The zero-order chi connectivity index (χ0) is 14.8. The lowest BCUT2D eigenvalue weighted by molar-refractivity contribution is -0.210. The third-order valence-corrected chi connectivity index (χ3v) is 7.56. The van der Waals surface area contributed by atoms with Crippen LogP contribution in [0.1, 0.15) is 39.2 Å². The molecule has 3 fully saturated rings. The smallest absolute Gasteiger partial charge is 0.315 e. The van der Waals surface area contributed by atoms with E-state index in [2.05, 4.69) is 44.0 Å². The molecule has 1 aromatic carbocycles. The second-order valence-electron chi connectivity index (χ2n) is 6.96. The second kappa shape index (κ2) is 4.10. The van der Waals surface area contributed by atoms with E-state index in [9.17, 15) is 4.79 Å². The van der Waals surface area contributed by atoms with Crippen LogP contribution in [0.2, 0.25) is 0 Å². The highest BCUT2D eigenvalue weighted by atomic mass is 79.9. The molecular formula is C16H18Br2O2. The largest absolute Gasteiger partial charge is 0.459 e. The summed E-state index contributed by atoms with van der Waals surface area (Å²) in [6.07, 6.45) is 1.69. The molecule has 0 aliphatic heterocycles. The maximum absolute atomic E-state index is 12.5. The molecule has 0 N–H and O–H groups in total. The maximum atomic E-state index is 12.5. The molecule has 4 rings (SSSR count). The Hall–Kier alpha value is -0.350. The third-order valence-electron chi connectivity index (χ3n) is 4.53. The Morgan fingerprint density at radius 2 is 1.70 bits per heavy atom. The van der Waals surface area contributed by atoms with Gasteiger partial charge in [0.15, 0.2) is 0 Å². The predicted molar refractivity (Wildman–Crippen MR) is 86.2 cm³/mol. The summed E-state index contributed by atoms with van der Waals surface area (Å²) >= 11 is 7.51. The van der Waals surface area contributed by atoms with Crippen LogP contribution >= 0.6 is 31.9 Å². The first-order chi connectivity index (χ1) is 9.15. The Morgan fingerprint density at radius 3 is 2.15 bits per heavy atom. The first-order valence-corrected chi connectivity index (χ1v) is 8.40. The number of rotatable bonds is 2. The van der Waals surface area contributed by atoms with Crippen molar-refractivity contribution in [3.63, 3.8) is 0 Å². The van der Waals surface area contributed by atoms with Gasteiger partial charge in [0.2, 0.25) is 0 Å². The van der Waals surface area contributed by atoms with Crippen LogP contribution < -0.4 is 0 Å². The Labute approximate surface area is 136 Å². The van der Waals surface area contributed by atoms with Crippen LogP contribution in [-0.2, 0) is 14.9 Å². The van der Waals surface area contributed by atoms with Gasteiger partial charge >= 0.3 is 5.97 Å². The lowest BCUT2D eigenvalue weighted by Gasteiger charge is -2.77. The fraction of sp³-hybridized carbons (Fsp3) is 0.562. The zero-order valence-corrected chi connectivity index (χ0v) is 15.0. The molecular weight excluding hydrogens is 384 g/mol. The van der Waals surface area contributed by atoms with E-state index in [0.29, 0.717) is 0 Å². The summed E-state index contributed by atoms with van der Waals surface area (Å²) in [5.74, 6) is -0.100. The summed E-state index contributed by atoms with van der Waals surface area (Å²) in [7, 11) is 0. The zero-order valence-electron chi connectivity index (χ0n) is 11.9. The lowest BCUT2D eigenvalue weighted by Crippen LogP contribution is -2.82. The van der Waals surface area contributed by atoms with Crippen molar-refractivity contribution in [2.75, 3.05) is 0 Å². The van der Waals surface area contributed by atoms with E-state index in [1.54, 1.807) is 0 Å². The molecule has 0 spiro atoms. The van der Waals surface area contributed by atoms with Crippen LogP contribution in [-0.4, -0.2) is 14.8 Å². The number of carbonyl (C=O) groups is 1. The topological polar surface area (TPSA) is 26.3 Å². The average molecular weight is 402 g/mol. The quantitative estimate of drug-likeness (QED) is 0.536. The van der Waals surface area contributed by atoms with Crippen LogP contribution in [0, 0.1) is 5.41 Å². The molecule has 4 heteroatoms. The van der Waals surface area contributed by atoms with Gasteiger partial charge in [-0.2, -0.15) is 0 Å². The molecule has 3 aliphatic rings. The van der Waals surface area contributed by atoms with Crippen molar-refractivity contribution in [2.24, 2.45) is 5.41 Å². The van der Waals surface area contributed by atoms with E-state index in [0.717, 1.165) is 12.8 Å². The van der Waals surface area contributed by atoms with Gasteiger partial charge in [-0.25, -0.2) is 0 Å². The second-order valence-corrected chi connectivity index (χ2v) is 10.4. The number of halogens is 2. The molecule has 108 valence electrons. The summed E-state index contributed by atoms with van der Waals surface area (Å²) in [4.78, 5) is 12.5. The van der Waals surface area contributed by atoms with Gasteiger partial charge in [0.1, 0.15) is 8.83 Å². The molecule has 1 aromatic rings. The molecule has 3 saturated carbocycles. The van der Waals surface area contributed by atoms with Crippen molar-refractivity contribution in [3.05, 3.63) is 35.9 Å². The average Bonchev–Trinajstić information content (AvgIpc) is 2.26. The summed E-state index contributed by atoms with van der Waals surface area (Å²) in [6, 6.07) is 10.4. The molecule has 0 radical (unpaired) electrons. The third kappa shape index (κ3) is 1.64. The number of ether oxygens (including phenoxy) is 1. The maximum Gasteiger partial charge on any atom is 0.315 e. The Kier molecular flexibility index (Phi) is 2.99. The Bertz CT molecular complexity index is 552. The van der Waals surface area contributed by atoms with Crippen molar-refractivity contribution in [3.8, 4) is 0 Å². The van der Waals surface area contributed by atoms with Crippen molar-refractivity contribution in [1.29, 1.82) is 0 Å². The summed E-state index contributed by atoms with van der Waals surface area (Å²) in [5.41, 5.74) is 0.406. The summed E-state index contributed by atoms with van der Waals surface area (Å²) < 4.78 is 5.21. The summed E-state index contributed by atoms with van der Waals surface area (Å²) in [6.45, 7) is 5.73. The van der Waals surface area contributed by atoms with E-state index in [1.165, 1.54) is 5.56 Å². The van der Waals surface area contributed by atoms with Crippen LogP contribution in [0.25, 0.3) is 0 Å². The number of benzene rings is 1. The number of alkyl halides is 2. The number of esters is 1. The standard InChI is InChI=1S/C16H18Br2O2/c1-13(2,3)20-12(19)15-9-14(10-15,16(15,17)18)11-7-5-4-6-8-11/h4-8H,9-10H2,1-3H3. The van der Waals surface area contributed by atoms with Crippen LogP contribution in [0.5, 0.6) is 0 Å². The van der Waals surface area contributed by atoms with E-state index < -0.39 is 11.0 Å². The molecule has 0 saturated heterocycles. The van der Waals surface area contributed by atoms with Gasteiger partial charge in [0, 0.05) is 5.41 Å². The van der Waals surface area contributed by atoms with Gasteiger partial charge in [-0.3, -0.25) is 4.79 Å². The van der Waals surface area contributed by atoms with E-state index in [4.69, 9.17) is 4.74 Å². The van der Waals surface area contributed by atoms with Gasteiger partial charge in [0.25, 0.3) is 0 Å². The lowest BCUT2D eigenvalue weighted by atomic mass is 9.33. The number of hydrogen-bond acceptors (Lipinski definition) is 2. The summed E-state index contributed by atoms with van der Waals surface area (Å²) in [5, 5.41) is 0. The Morgan fingerprint density at radius 1 is 1.15 bits per heavy atom. The first kappa shape index (κ1) is 14.6. The van der Waals surface area contributed by atoms with Gasteiger partial charge in [-0.15, -0.1) is 0 Å². The molecule has 0 atom stereocenters. The SMILES string of the molecule is CC(C)(C)OC(=O)C12CC(c3ccccc3)(C1)C2(Br)Br. The fourth-order valence-electron chi connectivity index (χ4n) is 3.46. The van der Waals surface area contributed by atoms with Crippen LogP contribution in [0.4, 0.5) is 0 Å². The van der Waals surface area contributed by atoms with E-state index in [1.807, 2.05) is 39.0 Å². The number of carbonyl (C=O) groups excluding carboxylic acids is 1. The van der Waals surface area contributed by atoms with Crippen molar-refractivity contribution >= 4 is 37.8 Å². The van der Waals surface area contributed by atoms with Gasteiger partial charge < -0.3 is 4.74 Å². The van der Waals surface area contributed by atoms with Crippen LogP contribution in [0.15, 0.2) is 30.3 Å². The minimum Gasteiger partial charge on any atom is -0.459 e. The van der Waals surface area contributed by atoms with Gasteiger partial charge in [-0.1, -0.05) is 62.2 Å². The Balaban J connectivity index is 1.85. The molecule has 0 amide bonds. The molecule has 2 nitrogen and oxygen atoms in total. The minimum absolute atomic E-state index is 0.00512. The molecule has 2 bridgehead atoms. The molecule has 20 heavy (non-hydrogen) atoms. The molecule has 3 aliphatic carbocycles. The first-order valence-electron chi connectivity index (χ1n) is 6.82. The van der Waals surface area contributed by atoms with Crippen molar-refractivity contribution in [2.45, 2.75) is 47.9 Å². The molecule has 0 heterocycles. The van der Waals surface area contributed by atoms with E-state index in [-0.39, 0.29) is 14.6 Å². The molecule has 0 unspecified atom stereocenters. The molecule has 0 aromatic heterocycles. The van der Waals surface area contributed by atoms with Crippen molar-refractivity contribution in [1.82, 2.24) is 0 Å². The highest BCUT2D eigenvalue weighted by molar-refractivity contribution is 9.25. The minimum atomic E-state index is -0.442. The van der Waals surface area contributed by atoms with Gasteiger partial charge in [-0.05, 0) is 39.2 Å². The fourth-order valence-corrected chi connectivity index (χ4v) is 5.36. The normalized spacial score (nSPS) is 33.9. The monoisotopic (exact) mass is 400 g/mol. The van der Waals surface area contributed by atoms with E-state index >= 15 is 0 Å². The van der Waals surface area contributed by atoms with Gasteiger partial charge in [0.05, 0.1) is 5.41 Å². The van der Waals surface area contributed by atoms with Crippen LogP contribution in [0.3, 0.4) is 0 Å².